The van der Waals surface area contributed by atoms with Crippen LogP contribution in [-0.4, -0.2) is 27.5 Å². The highest BCUT2D eigenvalue weighted by Crippen LogP contribution is 2.15. The SMILES string of the molecule is Cc1ccccc1S(=O)(=O)N[C@H]1CCNC1. The molecule has 0 aliphatic carbocycles. The quantitative estimate of drug-likeness (QED) is 0.815. The number of benzene rings is 1. The molecule has 1 aromatic rings. The lowest BCUT2D eigenvalue weighted by atomic mass is 10.2. The smallest absolute Gasteiger partial charge is 0.241 e. The molecule has 4 nitrogen and oxygen atoms in total. The monoisotopic (exact) mass is 240 g/mol. The Hall–Kier alpha value is -0.910. The van der Waals surface area contributed by atoms with Crippen molar-refractivity contribution in [1.82, 2.24) is 10.0 Å². The summed E-state index contributed by atoms with van der Waals surface area (Å²) in [5.74, 6) is 0. The minimum Gasteiger partial charge on any atom is -0.315 e. The predicted octanol–water partition coefficient (Wildman–Crippen LogP) is 0.635. The Morgan fingerprint density at radius 2 is 2.12 bits per heavy atom. The van der Waals surface area contributed by atoms with Crippen molar-refractivity contribution in [3.05, 3.63) is 29.8 Å². The van der Waals surface area contributed by atoms with Gasteiger partial charge in [-0.15, -0.1) is 0 Å². The van der Waals surface area contributed by atoms with E-state index in [0.717, 1.165) is 18.5 Å². The third kappa shape index (κ3) is 2.42. The average molecular weight is 240 g/mol. The maximum Gasteiger partial charge on any atom is 0.241 e. The van der Waals surface area contributed by atoms with Crippen LogP contribution >= 0.6 is 0 Å². The molecule has 2 rings (SSSR count). The summed E-state index contributed by atoms with van der Waals surface area (Å²) in [7, 11) is -3.36. The van der Waals surface area contributed by atoms with Crippen molar-refractivity contribution in [2.24, 2.45) is 0 Å². The molecule has 0 aromatic heterocycles. The van der Waals surface area contributed by atoms with Crippen molar-refractivity contribution in [3.8, 4) is 0 Å². The van der Waals surface area contributed by atoms with E-state index in [2.05, 4.69) is 10.0 Å². The van der Waals surface area contributed by atoms with Crippen LogP contribution in [0.15, 0.2) is 29.2 Å². The predicted molar refractivity (Wildman–Crippen MR) is 62.8 cm³/mol. The van der Waals surface area contributed by atoms with Crippen LogP contribution in [0.2, 0.25) is 0 Å². The molecule has 1 atom stereocenters. The Labute approximate surface area is 96.1 Å². The maximum atomic E-state index is 12.1. The molecule has 1 fully saturated rings. The zero-order valence-corrected chi connectivity index (χ0v) is 10.0. The summed E-state index contributed by atoms with van der Waals surface area (Å²) in [6.07, 6.45) is 0.852. The fourth-order valence-corrected chi connectivity index (χ4v) is 3.41. The van der Waals surface area contributed by atoms with Crippen molar-refractivity contribution in [2.45, 2.75) is 24.3 Å². The summed E-state index contributed by atoms with van der Waals surface area (Å²) < 4.78 is 26.9. The molecular weight excluding hydrogens is 224 g/mol. The van der Waals surface area contributed by atoms with Crippen LogP contribution in [0.1, 0.15) is 12.0 Å². The Morgan fingerprint density at radius 3 is 2.75 bits per heavy atom. The molecule has 0 bridgehead atoms. The van der Waals surface area contributed by atoms with Crippen LogP contribution in [0, 0.1) is 6.92 Å². The first-order valence-corrected chi connectivity index (χ1v) is 6.86. The molecule has 2 N–H and O–H groups in total. The van der Waals surface area contributed by atoms with Crippen molar-refractivity contribution in [1.29, 1.82) is 0 Å². The second kappa shape index (κ2) is 4.53. The van der Waals surface area contributed by atoms with E-state index in [4.69, 9.17) is 0 Å². The largest absolute Gasteiger partial charge is 0.315 e. The van der Waals surface area contributed by atoms with Gasteiger partial charge in [0.25, 0.3) is 0 Å². The van der Waals surface area contributed by atoms with Gasteiger partial charge in [-0.2, -0.15) is 0 Å². The molecule has 1 aromatic carbocycles. The van der Waals surface area contributed by atoms with Crippen molar-refractivity contribution in [3.63, 3.8) is 0 Å². The number of nitrogens with one attached hydrogen (secondary N) is 2. The molecule has 1 saturated heterocycles. The molecule has 1 aliphatic heterocycles. The second-order valence-corrected chi connectivity index (χ2v) is 5.76. The summed E-state index contributed by atoms with van der Waals surface area (Å²) in [6, 6.07) is 7.05. The summed E-state index contributed by atoms with van der Waals surface area (Å²) in [4.78, 5) is 0.377. The van der Waals surface area contributed by atoms with Gasteiger partial charge in [-0.3, -0.25) is 0 Å². The molecule has 0 unspecified atom stereocenters. The molecular formula is C11H16N2O2S. The van der Waals surface area contributed by atoms with Gasteiger partial charge < -0.3 is 5.32 Å². The van der Waals surface area contributed by atoms with Gasteiger partial charge in [-0.25, -0.2) is 13.1 Å². The van der Waals surface area contributed by atoms with Crippen LogP contribution in [0.5, 0.6) is 0 Å². The lowest BCUT2D eigenvalue weighted by Crippen LogP contribution is -2.36. The summed E-state index contributed by atoms with van der Waals surface area (Å²) in [5, 5.41) is 3.13. The molecule has 16 heavy (non-hydrogen) atoms. The zero-order valence-electron chi connectivity index (χ0n) is 9.23. The minimum atomic E-state index is -3.36. The highest BCUT2D eigenvalue weighted by molar-refractivity contribution is 7.89. The van der Waals surface area contributed by atoms with Crippen LogP contribution in [-0.2, 0) is 10.0 Å². The summed E-state index contributed by atoms with van der Waals surface area (Å²) in [6.45, 7) is 3.40. The van der Waals surface area contributed by atoms with E-state index in [0.29, 0.717) is 11.4 Å². The normalized spacial score (nSPS) is 21.2. The maximum absolute atomic E-state index is 12.1. The van der Waals surface area contributed by atoms with Gasteiger partial charge >= 0.3 is 0 Å². The van der Waals surface area contributed by atoms with E-state index < -0.39 is 10.0 Å². The van der Waals surface area contributed by atoms with Crippen molar-refractivity contribution >= 4 is 10.0 Å². The van der Waals surface area contributed by atoms with Crippen molar-refractivity contribution < 1.29 is 8.42 Å². The molecule has 5 heteroatoms. The molecule has 0 amide bonds. The van der Waals surface area contributed by atoms with Gasteiger partial charge in [0.2, 0.25) is 10.0 Å². The van der Waals surface area contributed by atoms with E-state index in [1.165, 1.54) is 0 Å². The number of aryl methyl sites for hydroxylation is 1. The van der Waals surface area contributed by atoms with Crippen LogP contribution in [0.25, 0.3) is 0 Å². The third-order valence-corrected chi connectivity index (χ3v) is 4.45. The fourth-order valence-electron chi connectivity index (χ4n) is 1.90. The summed E-state index contributed by atoms with van der Waals surface area (Å²) >= 11 is 0. The van der Waals surface area contributed by atoms with Crippen molar-refractivity contribution in [2.75, 3.05) is 13.1 Å². The standard InChI is InChI=1S/C11H16N2O2S/c1-9-4-2-3-5-11(9)16(14,15)13-10-6-7-12-8-10/h2-5,10,12-13H,6-8H2,1H3/t10-/m0/s1. The lowest BCUT2D eigenvalue weighted by Gasteiger charge is -2.13. The first kappa shape index (κ1) is 11.6. The molecule has 88 valence electrons. The number of hydrogen-bond acceptors (Lipinski definition) is 3. The van der Waals surface area contributed by atoms with Crippen LogP contribution in [0.3, 0.4) is 0 Å². The van der Waals surface area contributed by atoms with Gasteiger partial charge in [0, 0.05) is 12.6 Å². The Kier molecular flexibility index (Phi) is 3.28. The van der Waals surface area contributed by atoms with Crippen LogP contribution in [0.4, 0.5) is 0 Å². The highest BCUT2D eigenvalue weighted by Gasteiger charge is 2.23. The molecule has 1 aliphatic rings. The summed E-state index contributed by atoms with van der Waals surface area (Å²) in [5.41, 5.74) is 0.779. The third-order valence-electron chi connectivity index (χ3n) is 2.77. The highest BCUT2D eigenvalue weighted by atomic mass is 32.2. The molecule has 0 radical (unpaired) electrons. The number of hydrogen-bond donors (Lipinski definition) is 2. The Morgan fingerprint density at radius 1 is 1.38 bits per heavy atom. The number of sulfonamides is 1. The minimum absolute atomic E-state index is 0.0182. The molecule has 0 saturated carbocycles. The van der Waals surface area contributed by atoms with E-state index in [1.807, 2.05) is 19.1 Å². The average Bonchev–Trinajstić information content (AvgIpc) is 2.70. The van der Waals surface area contributed by atoms with E-state index >= 15 is 0 Å². The van der Waals surface area contributed by atoms with E-state index in [9.17, 15) is 8.42 Å². The molecule has 0 spiro atoms. The second-order valence-electron chi connectivity index (χ2n) is 4.08. The van der Waals surface area contributed by atoms with E-state index in [1.54, 1.807) is 12.1 Å². The van der Waals surface area contributed by atoms with E-state index in [-0.39, 0.29) is 6.04 Å². The van der Waals surface area contributed by atoms with Gasteiger partial charge in [0.05, 0.1) is 4.90 Å². The topological polar surface area (TPSA) is 58.2 Å². The van der Waals surface area contributed by atoms with Gasteiger partial charge in [0.1, 0.15) is 0 Å². The van der Waals surface area contributed by atoms with Gasteiger partial charge in [-0.1, -0.05) is 18.2 Å². The first-order valence-electron chi connectivity index (χ1n) is 5.38. The van der Waals surface area contributed by atoms with Crippen LogP contribution < -0.4 is 10.0 Å². The lowest BCUT2D eigenvalue weighted by molar-refractivity contribution is 0.559. The van der Waals surface area contributed by atoms with Gasteiger partial charge in [0.15, 0.2) is 0 Å². The zero-order chi connectivity index (χ0) is 11.6. The Bertz CT molecular complexity index is 465. The number of rotatable bonds is 3. The molecule has 1 heterocycles. The van der Waals surface area contributed by atoms with Gasteiger partial charge in [-0.05, 0) is 31.5 Å². The Balaban J connectivity index is 2.21. The fraction of sp³-hybridized carbons (Fsp3) is 0.455. The first-order chi connectivity index (χ1) is 7.59.